The van der Waals surface area contributed by atoms with E-state index in [1.807, 2.05) is 31.2 Å². The lowest BCUT2D eigenvalue weighted by Crippen LogP contribution is -2.23. The van der Waals surface area contributed by atoms with Crippen LogP contribution in [-0.2, 0) is 4.79 Å². The molecule has 0 aliphatic carbocycles. The Labute approximate surface area is 86.5 Å². The molecule has 70 valence electrons. The van der Waals surface area contributed by atoms with E-state index in [0.717, 1.165) is 10.0 Å². The molecule has 1 aromatic rings. The molecule has 0 heterocycles. The zero-order valence-electron chi connectivity index (χ0n) is 7.67. The number of carbonyl (C=O) groups is 1. The van der Waals surface area contributed by atoms with E-state index in [1.165, 1.54) is 0 Å². The normalized spacial score (nSPS) is 12.2. The average Bonchev–Trinajstić information content (AvgIpc) is 2.15. The number of carbonyl (C=O) groups excluding carboxylic acids is 1. The molecule has 2 nitrogen and oxygen atoms in total. The number of hydrogen-bond acceptors (Lipinski definition) is 1. The summed E-state index contributed by atoms with van der Waals surface area (Å²) in [5, 5.41) is 2.63. The Morgan fingerprint density at radius 1 is 1.54 bits per heavy atom. The van der Waals surface area contributed by atoms with Crippen LogP contribution in [0.15, 0.2) is 28.7 Å². The maximum absolute atomic E-state index is 11.3. The Morgan fingerprint density at radius 3 is 2.77 bits per heavy atom. The summed E-state index contributed by atoms with van der Waals surface area (Å²) in [5.74, 6) is -0.0550. The highest BCUT2D eigenvalue weighted by Gasteiger charge is 2.12. The molecular formula is C10H12BrNO. The molecular weight excluding hydrogens is 230 g/mol. The van der Waals surface area contributed by atoms with Crippen molar-refractivity contribution in [2.75, 3.05) is 7.05 Å². The highest BCUT2D eigenvalue weighted by Crippen LogP contribution is 2.19. The maximum Gasteiger partial charge on any atom is 0.227 e. The van der Waals surface area contributed by atoms with Gasteiger partial charge in [-0.1, -0.05) is 28.1 Å². The third kappa shape index (κ3) is 2.56. The molecule has 0 bridgehead atoms. The molecule has 0 saturated carbocycles. The van der Waals surface area contributed by atoms with Gasteiger partial charge in [0, 0.05) is 11.5 Å². The first-order valence-corrected chi connectivity index (χ1v) is 4.91. The molecule has 1 N–H and O–H groups in total. The zero-order valence-corrected chi connectivity index (χ0v) is 9.26. The lowest BCUT2D eigenvalue weighted by molar-refractivity contribution is -0.121. The fourth-order valence-electron chi connectivity index (χ4n) is 1.14. The molecule has 0 aliphatic heterocycles. The van der Waals surface area contributed by atoms with E-state index in [0.29, 0.717) is 0 Å². The molecule has 1 atom stereocenters. The van der Waals surface area contributed by atoms with Gasteiger partial charge in [0.25, 0.3) is 0 Å². The molecule has 0 aromatic heterocycles. The smallest absolute Gasteiger partial charge is 0.227 e. The number of amides is 1. The number of rotatable bonds is 2. The molecule has 1 rings (SSSR count). The first kappa shape index (κ1) is 10.3. The van der Waals surface area contributed by atoms with Crippen molar-refractivity contribution in [3.63, 3.8) is 0 Å². The van der Waals surface area contributed by atoms with Crippen molar-refractivity contribution in [1.82, 2.24) is 5.32 Å². The zero-order chi connectivity index (χ0) is 9.84. The Hall–Kier alpha value is -0.830. The van der Waals surface area contributed by atoms with E-state index in [4.69, 9.17) is 0 Å². The van der Waals surface area contributed by atoms with Crippen molar-refractivity contribution in [3.8, 4) is 0 Å². The van der Waals surface area contributed by atoms with Crippen LogP contribution in [0.4, 0.5) is 0 Å². The van der Waals surface area contributed by atoms with Gasteiger partial charge in [0.15, 0.2) is 0 Å². The molecule has 1 amide bonds. The summed E-state index contributed by atoms with van der Waals surface area (Å²) in [5.41, 5.74) is 1.02. The first-order valence-electron chi connectivity index (χ1n) is 4.12. The molecule has 1 aromatic carbocycles. The summed E-state index contributed by atoms with van der Waals surface area (Å²) in [6, 6.07) is 7.78. The molecule has 0 aliphatic rings. The van der Waals surface area contributed by atoms with Gasteiger partial charge in [-0.3, -0.25) is 4.79 Å². The van der Waals surface area contributed by atoms with E-state index in [9.17, 15) is 4.79 Å². The SMILES string of the molecule is CNC(=O)C(C)c1cccc(Br)c1. The van der Waals surface area contributed by atoms with Crippen LogP contribution in [0.25, 0.3) is 0 Å². The second-order valence-electron chi connectivity index (χ2n) is 2.89. The molecule has 0 spiro atoms. The Bertz CT molecular complexity index is 312. The van der Waals surface area contributed by atoms with Crippen LogP contribution >= 0.6 is 15.9 Å². The minimum Gasteiger partial charge on any atom is -0.359 e. The fourth-order valence-corrected chi connectivity index (χ4v) is 1.56. The van der Waals surface area contributed by atoms with Crippen LogP contribution in [0, 0.1) is 0 Å². The Balaban J connectivity index is 2.88. The van der Waals surface area contributed by atoms with Gasteiger partial charge in [-0.25, -0.2) is 0 Å². The number of halogens is 1. The lowest BCUT2D eigenvalue weighted by Gasteiger charge is -2.09. The predicted octanol–water partition coefficient (Wildman–Crippen LogP) is 2.30. The monoisotopic (exact) mass is 241 g/mol. The van der Waals surface area contributed by atoms with Crippen LogP contribution in [0.5, 0.6) is 0 Å². The fraction of sp³-hybridized carbons (Fsp3) is 0.300. The van der Waals surface area contributed by atoms with Gasteiger partial charge in [-0.15, -0.1) is 0 Å². The standard InChI is InChI=1S/C10H12BrNO/c1-7(10(13)12-2)8-4-3-5-9(11)6-8/h3-7H,1-2H3,(H,12,13). The molecule has 0 fully saturated rings. The lowest BCUT2D eigenvalue weighted by atomic mass is 10.0. The van der Waals surface area contributed by atoms with E-state index in [1.54, 1.807) is 7.05 Å². The van der Waals surface area contributed by atoms with Gasteiger partial charge < -0.3 is 5.32 Å². The Kier molecular flexibility index (Phi) is 3.48. The van der Waals surface area contributed by atoms with Crippen molar-refractivity contribution in [3.05, 3.63) is 34.3 Å². The maximum atomic E-state index is 11.3. The van der Waals surface area contributed by atoms with Crippen LogP contribution in [0.1, 0.15) is 18.4 Å². The summed E-state index contributed by atoms with van der Waals surface area (Å²) in [6.45, 7) is 1.89. The summed E-state index contributed by atoms with van der Waals surface area (Å²) in [6.07, 6.45) is 0. The van der Waals surface area contributed by atoms with Crippen LogP contribution in [-0.4, -0.2) is 13.0 Å². The topological polar surface area (TPSA) is 29.1 Å². The van der Waals surface area contributed by atoms with Crippen LogP contribution in [0.2, 0.25) is 0 Å². The molecule has 1 unspecified atom stereocenters. The van der Waals surface area contributed by atoms with Gasteiger partial charge in [0.1, 0.15) is 0 Å². The molecule has 0 radical (unpaired) electrons. The third-order valence-corrected chi connectivity index (χ3v) is 2.48. The third-order valence-electron chi connectivity index (χ3n) is 1.99. The van der Waals surface area contributed by atoms with Crippen molar-refractivity contribution in [1.29, 1.82) is 0 Å². The van der Waals surface area contributed by atoms with E-state index in [-0.39, 0.29) is 11.8 Å². The van der Waals surface area contributed by atoms with Crippen LogP contribution in [0.3, 0.4) is 0 Å². The second kappa shape index (κ2) is 4.42. The van der Waals surface area contributed by atoms with Crippen molar-refractivity contribution >= 4 is 21.8 Å². The van der Waals surface area contributed by atoms with E-state index < -0.39 is 0 Å². The summed E-state index contributed by atoms with van der Waals surface area (Å²) in [4.78, 5) is 11.3. The number of nitrogens with one attached hydrogen (secondary N) is 1. The highest BCUT2D eigenvalue weighted by atomic mass is 79.9. The first-order chi connectivity index (χ1) is 6.15. The number of benzene rings is 1. The van der Waals surface area contributed by atoms with Gasteiger partial charge >= 0.3 is 0 Å². The summed E-state index contributed by atoms with van der Waals surface area (Å²) in [7, 11) is 1.65. The van der Waals surface area contributed by atoms with Gasteiger partial charge in [-0.05, 0) is 24.6 Å². The van der Waals surface area contributed by atoms with Crippen molar-refractivity contribution < 1.29 is 4.79 Å². The molecule has 0 saturated heterocycles. The molecule has 13 heavy (non-hydrogen) atoms. The Morgan fingerprint density at radius 2 is 2.23 bits per heavy atom. The van der Waals surface area contributed by atoms with E-state index >= 15 is 0 Å². The van der Waals surface area contributed by atoms with Gasteiger partial charge in [-0.2, -0.15) is 0 Å². The molecule has 3 heteroatoms. The number of hydrogen-bond donors (Lipinski definition) is 1. The number of likely N-dealkylation sites (N-methyl/N-ethyl adjacent to an activating group) is 1. The quantitative estimate of drug-likeness (QED) is 0.847. The predicted molar refractivity (Wildman–Crippen MR) is 56.6 cm³/mol. The minimum atomic E-state index is -0.0949. The summed E-state index contributed by atoms with van der Waals surface area (Å²) >= 11 is 3.37. The van der Waals surface area contributed by atoms with E-state index in [2.05, 4.69) is 21.2 Å². The van der Waals surface area contributed by atoms with Crippen molar-refractivity contribution in [2.24, 2.45) is 0 Å². The van der Waals surface area contributed by atoms with Crippen molar-refractivity contribution in [2.45, 2.75) is 12.8 Å². The minimum absolute atomic E-state index is 0.0399. The van der Waals surface area contributed by atoms with Crippen LogP contribution < -0.4 is 5.32 Å². The van der Waals surface area contributed by atoms with Gasteiger partial charge in [0.05, 0.1) is 5.92 Å². The second-order valence-corrected chi connectivity index (χ2v) is 3.81. The van der Waals surface area contributed by atoms with Gasteiger partial charge in [0.2, 0.25) is 5.91 Å². The largest absolute Gasteiger partial charge is 0.359 e. The highest BCUT2D eigenvalue weighted by molar-refractivity contribution is 9.10. The summed E-state index contributed by atoms with van der Waals surface area (Å²) < 4.78 is 1.00. The average molecular weight is 242 g/mol.